The molecule has 1 heterocycles. The SMILES string of the molecule is C=CC(=O)OCCCCCCCCOc1ccc(-c2ccc(C([O])=O)cc2)nc1. The summed E-state index contributed by atoms with van der Waals surface area (Å²) in [6.07, 6.45) is 9.06. The zero-order chi connectivity index (χ0) is 20.9. The quantitative estimate of drug-likeness (QED) is 0.277. The number of ether oxygens (including phenoxy) is 2. The molecule has 0 amide bonds. The third-order valence-corrected chi connectivity index (χ3v) is 4.37. The lowest BCUT2D eigenvalue weighted by Crippen LogP contribution is -2.01. The number of unbranched alkanes of at least 4 members (excludes halogenated alkanes) is 5. The van der Waals surface area contributed by atoms with Gasteiger partial charge in [0.25, 0.3) is 0 Å². The summed E-state index contributed by atoms with van der Waals surface area (Å²) < 4.78 is 10.6. The van der Waals surface area contributed by atoms with Gasteiger partial charge in [-0.1, -0.05) is 44.4 Å². The maximum absolute atomic E-state index is 10.9. The van der Waals surface area contributed by atoms with Crippen LogP contribution in [0.1, 0.15) is 48.9 Å². The van der Waals surface area contributed by atoms with E-state index < -0.39 is 5.97 Å². The summed E-state index contributed by atoms with van der Waals surface area (Å²) in [5.74, 6) is -0.843. The molecular formula is C23H26NO5. The number of nitrogens with zero attached hydrogens (tertiary/aromatic N) is 1. The van der Waals surface area contributed by atoms with Crippen LogP contribution in [0.15, 0.2) is 55.3 Å². The van der Waals surface area contributed by atoms with E-state index in [1.54, 1.807) is 18.3 Å². The van der Waals surface area contributed by atoms with Gasteiger partial charge >= 0.3 is 11.9 Å². The van der Waals surface area contributed by atoms with Crippen molar-refractivity contribution in [1.29, 1.82) is 0 Å². The van der Waals surface area contributed by atoms with E-state index in [2.05, 4.69) is 11.6 Å². The molecule has 6 nitrogen and oxygen atoms in total. The van der Waals surface area contributed by atoms with Gasteiger partial charge in [-0.25, -0.2) is 14.7 Å². The number of carbonyl (C=O) groups is 2. The lowest BCUT2D eigenvalue weighted by atomic mass is 10.1. The molecule has 6 heteroatoms. The first kappa shape index (κ1) is 22.1. The Morgan fingerprint density at radius 2 is 1.55 bits per heavy atom. The molecule has 1 aromatic heterocycles. The second-order valence-electron chi connectivity index (χ2n) is 6.59. The van der Waals surface area contributed by atoms with Crippen molar-refractivity contribution >= 4 is 11.9 Å². The van der Waals surface area contributed by atoms with Gasteiger partial charge in [-0.05, 0) is 37.1 Å². The summed E-state index contributed by atoms with van der Waals surface area (Å²) >= 11 is 0. The molecule has 29 heavy (non-hydrogen) atoms. The van der Waals surface area contributed by atoms with Gasteiger partial charge in [-0.3, -0.25) is 4.98 Å². The molecule has 0 bridgehead atoms. The summed E-state index contributed by atoms with van der Waals surface area (Å²) in [6.45, 7) is 4.45. The minimum absolute atomic E-state index is 0.143. The Kier molecular flexibility index (Phi) is 9.42. The Labute approximate surface area is 171 Å². The highest BCUT2D eigenvalue weighted by atomic mass is 16.5. The highest BCUT2D eigenvalue weighted by molar-refractivity contribution is 5.87. The van der Waals surface area contributed by atoms with Gasteiger partial charge in [-0.15, -0.1) is 0 Å². The van der Waals surface area contributed by atoms with E-state index in [1.165, 1.54) is 18.2 Å². The third kappa shape index (κ3) is 8.17. The van der Waals surface area contributed by atoms with Crippen molar-refractivity contribution in [3.8, 4) is 17.0 Å². The normalized spacial score (nSPS) is 10.3. The zero-order valence-electron chi connectivity index (χ0n) is 16.5. The van der Waals surface area contributed by atoms with Gasteiger partial charge < -0.3 is 9.47 Å². The minimum atomic E-state index is -1.19. The minimum Gasteiger partial charge on any atom is -0.492 e. The lowest BCUT2D eigenvalue weighted by molar-refractivity contribution is -0.137. The molecule has 0 fully saturated rings. The van der Waals surface area contributed by atoms with Crippen molar-refractivity contribution in [2.24, 2.45) is 0 Å². The number of aromatic nitrogens is 1. The highest BCUT2D eigenvalue weighted by Gasteiger charge is 2.06. The van der Waals surface area contributed by atoms with Crippen molar-refractivity contribution in [2.45, 2.75) is 38.5 Å². The van der Waals surface area contributed by atoms with Crippen molar-refractivity contribution in [2.75, 3.05) is 13.2 Å². The fraction of sp³-hybridized carbons (Fsp3) is 0.348. The van der Waals surface area contributed by atoms with E-state index in [0.717, 1.165) is 49.8 Å². The molecule has 2 rings (SSSR count). The number of pyridine rings is 1. The summed E-state index contributed by atoms with van der Waals surface area (Å²) in [5, 5.41) is 10.8. The van der Waals surface area contributed by atoms with Gasteiger partial charge in [0.15, 0.2) is 0 Å². The highest BCUT2D eigenvalue weighted by Crippen LogP contribution is 2.20. The first-order valence-corrected chi connectivity index (χ1v) is 9.80. The van der Waals surface area contributed by atoms with E-state index in [0.29, 0.717) is 19.0 Å². The zero-order valence-corrected chi connectivity index (χ0v) is 16.5. The van der Waals surface area contributed by atoms with Crippen LogP contribution in [0.25, 0.3) is 11.3 Å². The fourth-order valence-corrected chi connectivity index (χ4v) is 2.75. The molecule has 0 unspecified atom stereocenters. The predicted octanol–water partition coefficient (Wildman–Crippen LogP) is 4.77. The molecule has 0 atom stereocenters. The van der Waals surface area contributed by atoms with E-state index in [4.69, 9.17) is 9.47 Å². The Hall–Kier alpha value is -3.15. The molecule has 0 aliphatic heterocycles. The van der Waals surface area contributed by atoms with Crippen molar-refractivity contribution < 1.29 is 24.2 Å². The smallest absolute Gasteiger partial charge is 0.386 e. The fourth-order valence-electron chi connectivity index (χ4n) is 2.75. The molecule has 0 spiro atoms. The molecule has 0 saturated heterocycles. The number of rotatable bonds is 13. The molecular weight excluding hydrogens is 370 g/mol. The Balaban J connectivity index is 1.59. The molecule has 1 aromatic carbocycles. The number of carbonyl (C=O) groups excluding carboxylic acids is 2. The van der Waals surface area contributed by atoms with Gasteiger partial charge in [-0.2, -0.15) is 0 Å². The molecule has 0 aliphatic rings. The van der Waals surface area contributed by atoms with Gasteiger partial charge in [0.1, 0.15) is 5.75 Å². The Morgan fingerprint density at radius 3 is 2.14 bits per heavy atom. The molecule has 0 N–H and O–H groups in total. The maximum Gasteiger partial charge on any atom is 0.386 e. The molecule has 0 aliphatic carbocycles. The van der Waals surface area contributed by atoms with Crippen LogP contribution >= 0.6 is 0 Å². The maximum atomic E-state index is 10.9. The topological polar surface area (TPSA) is 85.4 Å². The van der Waals surface area contributed by atoms with Crippen molar-refractivity contribution in [1.82, 2.24) is 4.98 Å². The van der Waals surface area contributed by atoms with Crippen LogP contribution < -0.4 is 4.74 Å². The van der Waals surface area contributed by atoms with Crippen LogP contribution in [0.2, 0.25) is 0 Å². The standard InChI is InChI=1S/C23H26NO5/c1-2-22(25)29-16-8-6-4-3-5-7-15-28-20-13-14-21(24-17-20)18-9-11-19(12-10-18)23(26)27/h2,9-14,17H,1,3-8,15-16H2. The largest absolute Gasteiger partial charge is 0.492 e. The van der Waals surface area contributed by atoms with E-state index in [-0.39, 0.29) is 11.5 Å². The number of hydrogen-bond donors (Lipinski definition) is 0. The molecule has 153 valence electrons. The van der Waals surface area contributed by atoms with Crippen LogP contribution in [-0.4, -0.2) is 30.1 Å². The molecule has 0 saturated carbocycles. The first-order valence-electron chi connectivity index (χ1n) is 9.80. The summed E-state index contributed by atoms with van der Waals surface area (Å²) in [6, 6.07) is 10.1. The average Bonchev–Trinajstić information content (AvgIpc) is 2.75. The number of esters is 1. The van der Waals surface area contributed by atoms with E-state index >= 15 is 0 Å². The van der Waals surface area contributed by atoms with Crippen molar-refractivity contribution in [3.63, 3.8) is 0 Å². The molecule has 2 aromatic rings. The van der Waals surface area contributed by atoms with Gasteiger partial charge in [0, 0.05) is 11.6 Å². The van der Waals surface area contributed by atoms with Crippen molar-refractivity contribution in [3.05, 3.63) is 60.8 Å². The van der Waals surface area contributed by atoms with Crippen LogP contribution in [0.3, 0.4) is 0 Å². The van der Waals surface area contributed by atoms with Crippen LogP contribution in [-0.2, 0) is 14.6 Å². The van der Waals surface area contributed by atoms with E-state index in [1.807, 2.05) is 12.1 Å². The van der Waals surface area contributed by atoms with Gasteiger partial charge in [0.05, 0.1) is 30.7 Å². The third-order valence-electron chi connectivity index (χ3n) is 4.37. The summed E-state index contributed by atoms with van der Waals surface area (Å²) in [5.41, 5.74) is 1.73. The van der Waals surface area contributed by atoms with Gasteiger partial charge in [0.2, 0.25) is 0 Å². The Bertz CT molecular complexity index is 784. The number of hydrogen-bond acceptors (Lipinski definition) is 5. The second-order valence-corrected chi connectivity index (χ2v) is 6.59. The van der Waals surface area contributed by atoms with Crippen LogP contribution in [0.5, 0.6) is 5.75 Å². The average molecular weight is 396 g/mol. The summed E-state index contributed by atoms with van der Waals surface area (Å²) in [7, 11) is 0. The second kappa shape index (κ2) is 12.3. The Morgan fingerprint density at radius 1 is 0.897 bits per heavy atom. The monoisotopic (exact) mass is 396 g/mol. The molecule has 1 radical (unpaired) electrons. The van der Waals surface area contributed by atoms with Crippen LogP contribution in [0, 0.1) is 0 Å². The van der Waals surface area contributed by atoms with E-state index in [9.17, 15) is 14.7 Å². The predicted molar refractivity (Wildman–Crippen MR) is 109 cm³/mol. The summed E-state index contributed by atoms with van der Waals surface area (Å²) in [4.78, 5) is 26.0. The van der Waals surface area contributed by atoms with Crippen LogP contribution in [0.4, 0.5) is 0 Å². The first-order chi connectivity index (χ1) is 14.1. The number of benzene rings is 1. The lowest BCUT2D eigenvalue weighted by Gasteiger charge is -2.07.